The zero-order chi connectivity index (χ0) is 14.5. The number of para-hydroxylation sites is 1. The molecule has 0 aromatic heterocycles. The lowest BCUT2D eigenvalue weighted by Crippen LogP contribution is -2.46. The van der Waals surface area contributed by atoms with Crippen molar-refractivity contribution in [3.05, 3.63) is 29.3 Å². The van der Waals surface area contributed by atoms with Crippen molar-refractivity contribution in [1.82, 2.24) is 10.2 Å². The van der Waals surface area contributed by atoms with Crippen LogP contribution in [0.2, 0.25) is 0 Å². The first-order chi connectivity index (χ1) is 10.4. The molecule has 1 aromatic rings. The second-order valence-electron chi connectivity index (χ2n) is 6.00. The van der Waals surface area contributed by atoms with Crippen molar-refractivity contribution in [2.24, 2.45) is 0 Å². The Morgan fingerprint density at radius 2 is 2.38 bits per heavy atom. The van der Waals surface area contributed by atoms with Crippen LogP contribution in [-0.4, -0.2) is 50.3 Å². The smallest absolute Gasteiger partial charge is 0.0826 e. The Bertz CT molecular complexity index is 463. The molecule has 0 saturated carbocycles. The summed E-state index contributed by atoms with van der Waals surface area (Å²) in [7, 11) is 0. The Balaban J connectivity index is 1.51. The number of hydrogen-bond donors (Lipinski definition) is 2. The first-order valence-electron chi connectivity index (χ1n) is 8.26. The molecule has 1 atom stereocenters. The predicted molar refractivity (Wildman–Crippen MR) is 86.8 cm³/mol. The largest absolute Gasteiger partial charge is 0.385 e. The minimum Gasteiger partial charge on any atom is -0.385 e. The molecular formula is C17H27N3O. The van der Waals surface area contributed by atoms with Crippen LogP contribution >= 0.6 is 0 Å². The van der Waals surface area contributed by atoms with Crippen molar-refractivity contribution >= 4 is 5.69 Å². The quantitative estimate of drug-likeness (QED) is 0.867. The van der Waals surface area contributed by atoms with E-state index in [2.05, 4.69) is 40.7 Å². The van der Waals surface area contributed by atoms with Gasteiger partial charge in [0.15, 0.2) is 0 Å². The predicted octanol–water partition coefficient (Wildman–Crippen LogP) is 1.85. The molecule has 2 N–H and O–H groups in total. The number of benzene rings is 1. The molecule has 0 aliphatic carbocycles. The van der Waals surface area contributed by atoms with Crippen LogP contribution in [0.4, 0.5) is 5.69 Å². The number of aryl methyl sites for hydroxylation is 1. The van der Waals surface area contributed by atoms with Crippen LogP contribution in [0.3, 0.4) is 0 Å². The number of rotatable bonds is 5. The highest BCUT2D eigenvalue weighted by molar-refractivity contribution is 5.59. The van der Waals surface area contributed by atoms with Gasteiger partial charge < -0.3 is 15.4 Å². The van der Waals surface area contributed by atoms with Crippen LogP contribution in [0.15, 0.2) is 18.2 Å². The molecule has 2 heterocycles. The van der Waals surface area contributed by atoms with E-state index in [-0.39, 0.29) is 0 Å². The van der Waals surface area contributed by atoms with Gasteiger partial charge in [0.25, 0.3) is 0 Å². The zero-order valence-corrected chi connectivity index (χ0v) is 13.0. The summed E-state index contributed by atoms with van der Waals surface area (Å²) in [5.74, 6) is 0. The van der Waals surface area contributed by atoms with Gasteiger partial charge in [0.1, 0.15) is 0 Å². The molecular weight excluding hydrogens is 262 g/mol. The average Bonchev–Trinajstić information content (AvgIpc) is 2.55. The molecule has 0 amide bonds. The van der Waals surface area contributed by atoms with E-state index < -0.39 is 0 Å². The highest BCUT2D eigenvalue weighted by Crippen LogP contribution is 2.25. The molecule has 1 saturated heterocycles. The summed E-state index contributed by atoms with van der Waals surface area (Å²) in [5, 5.41) is 7.13. The maximum absolute atomic E-state index is 5.84. The van der Waals surface area contributed by atoms with Crippen LogP contribution in [0.5, 0.6) is 0 Å². The summed E-state index contributed by atoms with van der Waals surface area (Å²) >= 11 is 0. The Kier molecular flexibility index (Phi) is 5.12. The fourth-order valence-corrected chi connectivity index (χ4v) is 3.29. The van der Waals surface area contributed by atoms with Crippen LogP contribution in [0.1, 0.15) is 24.5 Å². The third kappa shape index (κ3) is 3.76. The number of anilines is 1. The monoisotopic (exact) mass is 289 g/mol. The molecule has 4 heteroatoms. The van der Waals surface area contributed by atoms with Gasteiger partial charge in [0.2, 0.25) is 0 Å². The van der Waals surface area contributed by atoms with Crippen LogP contribution in [0, 0.1) is 0 Å². The van der Waals surface area contributed by atoms with Crippen LogP contribution in [-0.2, 0) is 17.7 Å². The topological polar surface area (TPSA) is 36.5 Å². The minimum atomic E-state index is 0.325. The molecule has 2 aliphatic heterocycles. The van der Waals surface area contributed by atoms with Gasteiger partial charge in [0, 0.05) is 38.4 Å². The molecule has 0 bridgehead atoms. The average molecular weight is 289 g/mol. The second-order valence-corrected chi connectivity index (χ2v) is 6.00. The van der Waals surface area contributed by atoms with Crippen LogP contribution in [0.25, 0.3) is 0 Å². The molecule has 1 unspecified atom stereocenters. The normalized spacial score (nSPS) is 22.6. The Labute approximate surface area is 127 Å². The third-order valence-corrected chi connectivity index (χ3v) is 4.52. The maximum Gasteiger partial charge on any atom is 0.0826 e. The molecule has 3 rings (SSSR count). The number of ether oxygens (including phenoxy) is 1. The molecule has 4 nitrogen and oxygen atoms in total. The number of likely N-dealkylation sites (N-methyl/N-ethyl adjacent to an activating group) is 1. The van der Waals surface area contributed by atoms with Gasteiger partial charge in [-0.3, -0.25) is 4.90 Å². The Hall–Kier alpha value is -1.10. The van der Waals surface area contributed by atoms with E-state index >= 15 is 0 Å². The number of fused-ring (bicyclic) bond motifs is 1. The highest BCUT2D eigenvalue weighted by atomic mass is 16.5. The van der Waals surface area contributed by atoms with E-state index in [4.69, 9.17) is 4.74 Å². The molecule has 2 aliphatic rings. The van der Waals surface area contributed by atoms with Gasteiger partial charge in [-0.05, 0) is 30.5 Å². The zero-order valence-electron chi connectivity index (χ0n) is 13.0. The van der Waals surface area contributed by atoms with Crippen molar-refractivity contribution in [3.8, 4) is 0 Å². The third-order valence-electron chi connectivity index (χ3n) is 4.52. The lowest BCUT2D eigenvalue weighted by molar-refractivity contribution is -0.0253. The number of morpholine rings is 1. The van der Waals surface area contributed by atoms with E-state index in [0.29, 0.717) is 6.10 Å². The van der Waals surface area contributed by atoms with E-state index in [1.54, 1.807) is 0 Å². The molecule has 0 radical (unpaired) electrons. The Morgan fingerprint density at radius 3 is 3.29 bits per heavy atom. The number of nitrogens with one attached hydrogen (secondary N) is 2. The standard InChI is InChI=1S/C17H27N3O/c1-2-20-9-10-21-16(13-20)12-18-11-15-6-3-5-14-7-4-8-19-17(14)15/h3,5-6,16,18-19H,2,4,7-13H2,1H3. The van der Waals surface area contributed by atoms with Gasteiger partial charge in [-0.1, -0.05) is 25.1 Å². The SMILES string of the molecule is CCN1CCOC(CNCc2cccc3c2NCCC3)C1. The van der Waals surface area contributed by atoms with E-state index in [9.17, 15) is 0 Å². The van der Waals surface area contributed by atoms with Crippen molar-refractivity contribution in [2.75, 3.05) is 44.6 Å². The van der Waals surface area contributed by atoms with Crippen LogP contribution < -0.4 is 10.6 Å². The first kappa shape index (κ1) is 14.8. The van der Waals surface area contributed by atoms with Crippen molar-refractivity contribution in [2.45, 2.75) is 32.4 Å². The lowest BCUT2D eigenvalue weighted by atomic mass is 9.99. The first-order valence-corrected chi connectivity index (χ1v) is 8.26. The van der Waals surface area contributed by atoms with E-state index in [1.165, 1.54) is 29.7 Å². The van der Waals surface area contributed by atoms with Crippen molar-refractivity contribution in [1.29, 1.82) is 0 Å². The molecule has 1 fully saturated rings. The summed E-state index contributed by atoms with van der Waals surface area (Å²) in [5.41, 5.74) is 4.21. The fourth-order valence-electron chi connectivity index (χ4n) is 3.29. The molecule has 1 aromatic carbocycles. The summed E-state index contributed by atoms with van der Waals surface area (Å²) < 4.78 is 5.84. The minimum absolute atomic E-state index is 0.325. The summed E-state index contributed by atoms with van der Waals surface area (Å²) in [6.45, 7) is 9.28. The molecule has 0 spiro atoms. The summed E-state index contributed by atoms with van der Waals surface area (Å²) in [4.78, 5) is 2.46. The molecule has 21 heavy (non-hydrogen) atoms. The molecule has 116 valence electrons. The van der Waals surface area contributed by atoms with Crippen molar-refractivity contribution in [3.63, 3.8) is 0 Å². The summed E-state index contributed by atoms with van der Waals surface area (Å²) in [6, 6.07) is 6.65. The maximum atomic E-state index is 5.84. The van der Waals surface area contributed by atoms with Gasteiger partial charge in [-0.2, -0.15) is 0 Å². The van der Waals surface area contributed by atoms with Gasteiger partial charge in [0.05, 0.1) is 12.7 Å². The van der Waals surface area contributed by atoms with Gasteiger partial charge in [-0.25, -0.2) is 0 Å². The Morgan fingerprint density at radius 1 is 1.43 bits per heavy atom. The van der Waals surface area contributed by atoms with Crippen molar-refractivity contribution < 1.29 is 4.74 Å². The summed E-state index contributed by atoms with van der Waals surface area (Å²) in [6.07, 6.45) is 2.77. The number of nitrogens with zero attached hydrogens (tertiary/aromatic N) is 1. The number of hydrogen-bond acceptors (Lipinski definition) is 4. The second kappa shape index (κ2) is 7.25. The highest BCUT2D eigenvalue weighted by Gasteiger charge is 2.19. The van der Waals surface area contributed by atoms with Gasteiger partial charge in [-0.15, -0.1) is 0 Å². The van der Waals surface area contributed by atoms with Gasteiger partial charge >= 0.3 is 0 Å². The van der Waals surface area contributed by atoms with E-state index in [1.807, 2.05) is 0 Å². The fraction of sp³-hybridized carbons (Fsp3) is 0.647. The van der Waals surface area contributed by atoms with E-state index in [0.717, 1.165) is 45.9 Å². The lowest BCUT2D eigenvalue weighted by Gasteiger charge is -2.32.